The van der Waals surface area contributed by atoms with Gasteiger partial charge in [0.1, 0.15) is 0 Å². The van der Waals surface area contributed by atoms with Gasteiger partial charge in [0.25, 0.3) is 0 Å². The third-order valence-corrected chi connectivity index (χ3v) is 15.6. The van der Waals surface area contributed by atoms with Crippen molar-refractivity contribution in [3.8, 4) is 0 Å². The number of quaternary nitrogens is 2. The number of carbonyl (C=O) groups is 2. The molecule has 0 atom stereocenters. The van der Waals surface area contributed by atoms with E-state index in [1.54, 1.807) is 21.6 Å². The van der Waals surface area contributed by atoms with Gasteiger partial charge in [-0.25, -0.2) is 0 Å². The average molecular weight is 829 g/mol. The molecule has 0 aromatic rings. The van der Waals surface area contributed by atoms with E-state index in [1.165, 1.54) is 215 Å². The van der Waals surface area contributed by atoms with E-state index in [-0.39, 0.29) is 11.8 Å². The van der Waals surface area contributed by atoms with Crippen LogP contribution in [0.2, 0.25) is 0 Å². The van der Waals surface area contributed by atoms with Gasteiger partial charge < -0.3 is 19.6 Å². The molecule has 0 aromatic heterocycles. The summed E-state index contributed by atoms with van der Waals surface area (Å²) < 4.78 is 2.60. The first-order chi connectivity index (χ1) is 27.4. The molecule has 0 unspecified atom stereocenters. The van der Waals surface area contributed by atoms with Crippen molar-refractivity contribution in [2.75, 3.05) is 77.0 Å². The quantitative estimate of drug-likeness (QED) is 0.0365. The zero-order chi connectivity index (χ0) is 41.3. The molecule has 0 bridgehead atoms. The fourth-order valence-corrected chi connectivity index (χ4v) is 10.2. The van der Waals surface area contributed by atoms with Gasteiger partial charge in [0.2, 0.25) is 11.8 Å². The van der Waals surface area contributed by atoms with E-state index < -0.39 is 0 Å². The van der Waals surface area contributed by atoms with Gasteiger partial charge in [-0.2, -0.15) is 0 Å². The first-order valence-corrected chi connectivity index (χ1v) is 27.3. The second-order valence-corrected chi connectivity index (χ2v) is 19.8. The van der Waals surface area contributed by atoms with Crippen molar-refractivity contribution in [2.45, 2.75) is 221 Å². The Labute approximate surface area is 359 Å². The van der Waals surface area contributed by atoms with Crippen LogP contribution in [-0.4, -0.2) is 97.7 Å². The lowest BCUT2D eigenvalue weighted by Crippen LogP contribution is -2.48. The summed E-state index contributed by atoms with van der Waals surface area (Å²) in [4.78, 5) is 24.3. The second-order valence-electron chi connectivity index (χ2n) is 17.1. The summed E-state index contributed by atoms with van der Waals surface area (Å²) in [5.74, 6) is 2.23. The lowest BCUT2D eigenvalue weighted by Gasteiger charge is -2.35. The molecule has 8 heteroatoms. The fourth-order valence-electron chi connectivity index (χ4n) is 8.40. The van der Waals surface area contributed by atoms with Crippen LogP contribution in [0.5, 0.6) is 0 Å². The molecule has 334 valence electrons. The molecule has 0 rings (SSSR count). The Balaban J connectivity index is 3.35. The molecule has 2 N–H and O–H groups in total. The summed E-state index contributed by atoms with van der Waals surface area (Å²) in [5, 5.41) is 6.15. The zero-order valence-corrected chi connectivity index (χ0v) is 40.4. The Bertz CT molecular complexity index is 768. The maximum atomic E-state index is 12.2. The maximum Gasteiger partial charge on any atom is 0.220 e. The lowest BCUT2D eigenvalue weighted by molar-refractivity contribution is -0.923. The molecule has 0 fully saturated rings. The molecule has 6 nitrogen and oxygen atoms in total. The van der Waals surface area contributed by atoms with E-state index in [0.717, 1.165) is 37.4 Å². The maximum absolute atomic E-state index is 12.2. The smallest absolute Gasteiger partial charge is 0.220 e. The van der Waals surface area contributed by atoms with Crippen LogP contribution in [0, 0.1) is 0 Å². The molecule has 0 aliphatic heterocycles. The molecule has 0 saturated heterocycles. The van der Waals surface area contributed by atoms with Gasteiger partial charge in [-0.1, -0.05) is 150 Å². The molecule has 56 heavy (non-hydrogen) atoms. The van der Waals surface area contributed by atoms with E-state index in [1.807, 2.05) is 0 Å². The van der Waals surface area contributed by atoms with Crippen LogP contribution in [0.1, 0.15) is 221 Å². The Morgan fingerprint density at radius 1 is 0.339 bits per heavy atom. The largest absolute Gasteiger partial charge is 0.355 e. The van der Waals surface area contributed by atoms with Crippen molar-refractivity contribution in [2.24, 2.45) is 0 Å². The highest BCUT2D eigenvalue weighted by Crippen LogP contribution is 2.20. The highest BCUT2D eigenvalue weighted by Gasteiger charge is 2.20. The first kappa shape index (κ1) is 55.6. The van der Waals surface area contributed by atoms with Crippen molar-refractivity contribution in [3.63, 3.8) is 0 Å². The zero-order valence-electron chi connectivity index (χ0n) is 38.8. The van der Waals surface area contributed by atoms with Gasteiger partial charge in [-0.3, -0.25) is 9.59 Å². The van der Waals surface area contributed by atoms with Crippen molar-refractivity contribution < 1.29 is 18.6 Å². The van der Waals surface area contributed by atoms with E-state index in [0.29, 0.717) is 12.8 Å². The minimum Gasteiger partial charge on any atom is -0.355 e. The van der Waals surface area contributed by atoms with Crippen LogP contribution >= 0.6 is 21.6 Å². The number of nitrogens with one attached hydrogen (secondary N) is 2. The SMILES string of the molecule is CC[N+](CC)(CC)CCCCCCCCCCCCCCCC(=O)NCCSSCCNC(=O)CCCCCCCCCCCCCCC[N+](CC)(CC)CC. The standard InChI is InChI=1S/C48H98N4O2S2/c1-7-51(8-2,9-3)43-37-33-29-25-21-17-13-15-19-23-27-31-35-39-47(53)49-41-45-55-56-46-42-50-48(54)40-36-32-28-24-20-16-14-18-22-26-30-34-38-44-52(10-4,11-5)12-6/h7-46H2,1-6H3/p+2. The summed E-state index contributed by atoms with van der Waals surface area (Å²) in [7, 11) is 3.58. The Kier molecular flexibility index (Phi) is 41.0. The minimum absolute atomic E-state index is 0.200. The summed E-state index contributed by atoms with van der Waals surface area (Å²) in [6.45, 7) is 26.0. The highest BCUT2D eigenvalue weighted by atomic mass is 33.1. The van der Waals surface area contributed by atoms with E-state index in [9.17, 15) is 9.59 Å². The van der Waals surface area contributed by atoms with Crippen LogP contribution in [-0.2, 0) is 9.59 Å². The predicted molar refractivity (Wildman–Crippen MR) is 254 cm³/mol. The Morgan fingerprint density at radius 2 is 0.554 bits per heavy atom. The van der Waals surface area contributed by atoms with E-state index in [4.69, 9.17) is 0 Å². The highest BCUT2D eigenvalue weighted by molar-refractivity contribution is 8.76. The molecule has 2 amide bonds. The normalized spacial score (nSPS) is 12.0. The van der Waals surface area contributed by atoms with E-state index in [2.05, 4.69) is 52.2 Å². The van der Waals surface area contributed by atoms with Crippen LogP contribution in [0.4, 0.5) is 0 Å². The van der Waals surface area contributed by atoms with Crippen molar-refractivity contribution in [1.29, 1.82) is 0 Å². The molecule has 0 spiro atoms. The average Bonchev–Trinajstić information content (AvgIpc) is 3.22. The number of unbranched alkanes of at least 4 members (excludes halogenated alkanes) is 24. The summed E-state index contributed by atoms with van der Waals surface area (Å²) >= 11 is 0. The lowest BCUT2D eigenvalue weighted by atomic mass is 10.0. The predicted octanol–water partition coefficient (Wildman–Crippen LogP) is 13.3. The monoisotopic (exact) mass is 829 g/mol. The number of amides is 2. The van der Waals surface area contributed by atoms with Crippen molar-refractivity contribution in [3.05, 3.63) is 0 Å². The van der Waals surface area contributed by atoms with Crippen LogP contribution in [0.3, 0.4) is 0 Å². The molecule has 0 heterocycles. The number of rotatable bonds is 45. The molecule has 0 radical (unpaired) electrons. The molecular weight excluding hydrogens is 729 g/mol. The Hall–Kier alpha value is -0.440. The molecule has 0 saturated carbocycles. The molecule has 0 aliphatic carbocycles. The first-order valence-electron chi connectivity index (χ1n) is 24.8. The topological polar surface area (TPSA) is 58.2 Å². The fraction of sp³-hybridized carbons (Fsp3) is 0.958. The van der Waals surface area contributed by atoms with Gasteiger partial charge in [0.15, 0.2) is 0 Å². The van der Waals surface area contributed by atoms with Gasteiger partial charge in [-0.15, -0.1) is 0 Å². The number of nitrogens with zero attached hydrogens (tertiary/aromatic N) is 2. The molecular formula is C48H100N4O2S2+2. The third kappa shape index (κ3) is 33.4. The van der Waals surface area contributed by atoms with Gasteiger partial charge >= 0.3 is 0 Å². The summed E-state index contributed by atoms with van der Waals surface area (Å²) in [5.41, 5.74) is 0. The molecule has 0 aliphatic rings. The number of carbonyl (C=O) groups excluding carboxylic acids is 2. The summed E-state index contributed by atoms with van der Waals surface area (Å²) in [6.07, 6.45) is 36.1. The van der Waals surface area contributed by atoms with Gasteiger partial charge in [0, 0.05) is 37.4 Å². The molecule has 0 aromatic carbocycles. The van der Waals surface area contributed by atoms with Crippen LogP contribution in [0.15, 0.2) is 0 Å². The van der Waals surface area contributed by atoms with Gasteiger partial charge in [-0.05, 0) is 80.1 Å². The second kappa shape index (κ2) is 41.3. The number of hydrogen-bond acceptors (Lipinski definition) is 4. The van der Waals surface area contributed by atoms with E-state index >= 15 is 0 Å². The van der Waals surface area contributed by atoms with Crippen molar-refractivity contribution in [1.82, 2.24) is 10.6 Å². The third-order valence-electron chi connectivity index (χ3n) is 13.2. The summed E-state index contributed by atoms with van der Waals surface area (Å²) in [6, 6.07) is 0. The van der Waals surface area contributed by atoms with Gasteiger partial charge in [0.05, 0.1) is 52.4 Å². The minimum atomic E-state index is 0.200. The van der Waals surface area contributed by atoms with Crippen LogP contribution < -0.4 is 10.6 Å². The van der Waals surface area contributed by atoms with Crippen LogP contribution in [0.25, 0.3) is 0 Å². The number of hydrogen-bond donors (Lipinski definition) is 2. The van der Waals surface area contributed by atoms with Crippen molar-refractivity contribution >= 4 is 33.4 Å². The Morgan fingerprint density at radius 3 is 0.786 bits per heavy atom.